The molecular formula is C27H21BrN2O3S. The second kappa shape index (κ2) is 8.49. The molecule has 0 bridgehead atoms. The van der Waals surface area contributed by atoms with Crippen LogP contribution in [0, 0.1) is 20.8 Å². The highest BCUT2D eigenvalue weighted by atomic mass is 79.9. The number of hydrogen-bond acceptors (Lipinski definition) is 5. The molecule has 0 aliphatic carbocycles. The lowest BCUT2D eigenvalue weighted by Crippen LogP contribution is -2.29. The van der Waals surface area contributed by atoms with E-state index < -0.39 is 17.7 Å². The zero-order valence-electron chi connectivity index (χ0n) is 18.8. The minimum Gasteiger partial charge on any atom is -0.507 e. The number of anilines is 1. The third kappa shape index (κ3) is 3.75. The zero-order chi connectivity index (χ0) is 24.1. The summed E-state index contributed by atoms with van der Waals surface area (Å²) in [5.74, 6) is -1.59. The molecule has 1 aliphatic rings. The number of aliphatic hydroxyl groups excluding tert-OH is 1. The Balaban J connectivity index is 1.76. The highest BCUT2D eigenvalue weighted by Crippen LogP contribution is 2.44. The molecule has 4 aromatic rings. The molecule has 0 spiro atoms. The first-order valence-corrected chi connectivity index (χ1v) is 12.4. The van der Waals surface area contributed by atoms with Crippen molar-refractivity contribution >= 4 is 60.1 Å². The molecule has 34 heavy (non-hydrogen) atoms. The average molecular weight is 533 g/mol. The first-order valence-electron chi connectivity index (χ1n) is 10.8. The van der Waals surface area contributed by atoms with E-state index in [0.717, 1.165) is 31.4 Å². The normalized spacial score (nSPS) is 17.6. The van der Waals surface area contributed by atoms with Gasteiger partial charge in [-0.1, -0.05) is 63.2 Å². The van der Waals surface area contributed by atoms with Gasteiger partial charge in [-0.05, 0) is 67.8 Å². The van der Waals surface area contributed by atoms with E-state index >= 15 is 0 Å². The Hall–Kier alpha value is -3.29. The molecule has 5 nitrogen and oxygen atoms in total. The van der Waals surface area contributed by atoms with Gasteiger partial charge in [0.05, 0.1) is 21.8 Å². The van der Waals surface area contributed by atoms with Gasteiger partial charge in [-0.2, -0.15) is 0 Å². The maximum Gasteiger partial charge on any atom is 0.301 e. The molecular weight excluding hydrogens is 512 g/mol. The topological polar surface area (TPSA) is 70.5 Å². The van der Waals surface area contributed by atoms with Gasteiger partial charge in [0.2, 0.25) is 0 Å². The average Bonchev–Trinajstić information content (AvgIpc) is 3.33. The number of Topliss-reactive ketones (excluding diaryl/α,β-unsaturated/α-hetero) is 1. The molecule has 1 aromatic heterocycles. The van der Waals surface area contributed by atoms with Gasteiger partial charge in [0.25, 0.3) is 5.78 Å². The van der Waals surface area contributed by atoms with Gasteiger partial charge in [0.15, 0.2) is 5.13 Å². The minimum absolute atomic E-state index is 0.0662. The zero-order valence-corrected chi connectivity index (χ0v) is 21.2. The maximum atomic E-state index is 13.4. The van der Waals surface area contributed by atoms with E-state index in [0.29, 0.717) is 16.3 Å². The Morgan fingerprint density at radius 1 is 0.971 bits per heavy atom. The molecule has 2 heterocycles. The van der Waals surface area contributed by atoms with Crippen LogP contribution in [0.2, 0.25) is 0 Å². The Labute approximate surface area is 209 Å². The number of aliphatic hydroxyl groups is 1. The molecule has 170 valence electrons. The molecule has 1 N–H and O–H groups in total. The van der Waals surface area contributed by atoms with Crippen molar-refractivity contribution in [2.75, 3.05) is 4.90 Å². The van der Waals surface area contributed by atoms with Crippen LogP contribution in [0.15, 0.2) is 70.7 Å². The predicted molar refractivity (Wildman–Crippen MR) is 139 cm³/mol. The van der Waals surface area contributed by atoms with Crippen LogP contribution in [0.3, 0.4) is 0 Å². The van der Waals surface area contributed by atoms with Crippen LogP contribution in [-0.2, 0) is 9.59 Å². The van der Waals surface area contributed by atoms with Crippen molar-refractivity contribution in [2.24, 2.45) is 0 Å². The van der Waals surface area contributed by atoms with E-state index in [4.69, 9.17) is 0 Å². The maximum absolute atomic E-state index is 13.4. The van der Waals surface area contributed by atoms with Crippen LogP contribution in [0.5, 0.6) is 0 Å². The third-order valence-corrected chi connectivity index (χ3v) is 7.56. The first kappa shape index (κ1) is 22.5. The van der Waals surface area contributed by atoms with Gasteiger partial charge in [0.1, 0.15) is 5.76 Å². The van der Waals surface area contributed by atoms with Crippen LogP contribution < -0.4 is 4.90 Å². The SMILES string of the molecule is Cc1ccc(C)c(C(O)=C2C(=O)C(=O)N(c3nc4ccc(C)cc4s3)C2c2ccc(Br)cc2)c1. The molecule has 1 saturated heterocycles. The van der Waals surface area contributed by atoms with Gasteiger partial charge in [-0.3, -0.25) is 14.5 Å². The van der Waals surface area contributed by atoms with Crippen molar-refractivity contribution in [1.82, 2.24) is 4.98 Å². The van der Waals surface area contributed by atoms with Crippen LogP contribution in [0.1, 0.15) is 33.9 Å². The molecule has 1 atom stereocenters. The number of benzene rings is 3. The Morgan fingerprint density at radius 3 is 2.38 bits per heavy atom. The van der Waals surface area contributed by atoms with E-state index in [1.54, 1.807) is 0 Å². The molecule has 7 heteroatoms. The number of carbonyl (C=O) groups is 2. The molecule has 1 fully saturated rings. The molecule has 1 unspecified atom stereocenters. The Morgan fingerprint density at radius 2 is 1.65 bits per heavy atom. The largest absolute Gasteiger partial charge is 0.507 e. The van der Waals surface area contributed by atoms with Gasteiger partial charge in [-0.25, -0.2) is 4.98 Å². The number of rotatable bonds is 3. The number of halogens is 1. The van der Waals surface area contributed by atoms with E-state index in [2.05, 4.69) is 20.9 Å². The fourth-order valence-corrected chi connectivity index (χ4v) is 5.60. The number of fused-ring (bicyclic) bond motifs is 1. The lowest BCUT2D eigenvalue weighted by Gasteiger charge is -2.23. The van der Waals surface area contributed by atoms with Crippen molar-refractivity contribution in [3.63, 3.8) is 0 Å². The monoisotopic (exact) mass is 532 g/mol. The number of thiazole rings is 1. The number of aromatic nitrogens is 1. The summed E-state index contributed by atoms with van der Waals surface area (Å²) >= 11 is 4.81. The summed E-state index contributed by atoms with van der Waals surface area (Å²) in [4.78, 5) is 32.9. The molecule has 5 rings (SSSR count). The molecule has 0 saturated carbocycles. The lowest BCUT2D eigenvalue weighted by molar-refractivity contribution is -0.132. The van der Waals surface area contributed by atoms with Crippen molar-refractivity contribution in [1.29, 1.82) is 0 Å². The molecule has 3 aromatic carbocycles. The Bertz CT molecular complexity index is 1500. The van der Waals surface area contributed by atoms with Gasteiger partial charge in [-0.15, -0.1) is 0 Å². The highest BCUT2D eigenvalue weighted by Gasteiger charge is 2.48. The van der Waals surface area contributed by atoms with Crippen LogP contribution >= 0.6 is 27.3 Å². The van der Waals surface area contributed by atoms with Gasteiger partial charge >= 0.3 is 5.91 Å². The molecule has 1 amide bonds. The number of aryl methyl sites for hydroxylation is 3. The highest BCUT2D eigenvalue weighted by molar-refractivity contribution is 9.10. The van der Waals surface area contributed by atoms with Gasteiger partial charge in [0, 0.05) is 10.0 Å². The van der Waals surface area contributed by atoms with E-state index in [9.17, 15) is 14.7 Å². The summed E-state index contributed by atoms with van der Waals surface area (Å²) in [5.41, 5.74) is 4.93. The second-order valence-electron chi connectivity index (χ2n) is 8.51. The predicted octanol–water partition coefficient (Wildman–Crippen LogP) is 6.61. The van der Waals surface area contributed by atoms with E-state index in [1.165, 1.54) is 16.2 Å². The van der Waals surface area contributed by atoms with Crippen molar-refractivity contribution < 1.29 is 14.7 Å². The fraction of sp³-hybridized carbons (Fsp3) is 0.148. The van der Waals surface area contributed by atoms with Crippen LogP contribution in [-0.4, -0.2) is 21.8 Å². The summed E-state index contributed by atoms with van der Waals surface area (Å²) in [6.07, 6.45) is 0. The van der Waals surface area contributed by atoms with E-state index in [1.807, 2.05) is 81.4 Å². The number of nitrogens with zero attached hydrogens (tertiary/aromatic N) is 2. The standard InChI is InChI=1S/C27H21BrN2O3S/c1-14-4-6-16(3)19(12-14)24(31)22-23(17-7-9-18(28)10-8-17)30(26(33)25(22)32)27-29-20-11-5-15(2)13-21(20)34-27/h4-13,23,31H,1-3H3. The summed E-state index contributed by atoms with van der Waals surface area (Å²) < 4.78 is 1.80. The summed E-state index contributed by atoms with van der Waals surface area (Å²) in [6.45, 7) is 5.79. The summed E-state index contributed by atoms with van der Waals surface area (Å²) in [5, 5.41) is 11.8. The lowest BCUT2D eigenvalue weighted by atomic mass is 9.93. The summed E-state index contributed by atoms with van der Waals surface area (Å²) in [6, 6.07) is 18.2. The minimum atomic E-state index is -0.797. The number of hydrogen-bond donors (Lipinski definition) is 1. The van der Waals surface area contributed by atoms with Crippen LogP contribution in [0.4, 0.5) is 5.13 Å². The smallest absolute Gasteiger partial charge is 0.301 e. The fourth-order valence-electron chi connectivity index (χ4n) is 4.25. The number of amides is 1. The van der Waals surface area contributed by atoms with Crippen molar-refractivity contribution in [3.05, 3.63) is 98.5 Å². The second-order valence-corrected chi connectivity index (χ2v) is 10.4. The number of carbonyl (C=O) groups excluding carboxylic acids is 2. The number of ketones is 1. The Kier molecular flexibility index (Phi) is 5.62. The van der Waals surface area contributed by atoms with Gasteiger partial charge < -0.3 is 5.11 Å². The summed E-state index contributed by atoms with van der Waals surface area (Å²) in [7, 11) is 0. The first-order chi connectivity index (χ1) is 16.2. The molecule has 0 radical (unpaired) electrons. The van der Waals surface area contributed by atoms with Crippen molar-refractivity contribution in [2.45, 2.75) is 26.8 Å². The van der Waals surface area contributed by atoms with Crippen LogP contribution in [0.25, 0.3) is 16.0 Å². The quantitative estimate of drug-likeness (QED) is 0.183. The third-order valence-electron chi connectivity index (χ3n) is 6.02. The van der Waals surface area contributed by atoms with Crippen molar-refractivity contribution in [3.8, 4) is 0 Å². The van der Waals surface area contributed by atoms with E-state index in [-0.39, 0.29) is 11.3 Å². The molecule has 1 aliphatic heterocycles.